The molecule has 0 amide bonds. The number of anilines is 2. The van der Waals surface area contributed by atoms with Crippen molar-refractivity contribution in [1.29, 1.82) is 10.5 Å². The first-order valence-electron chi connectivity index (χ1n) is 9.38. The minimum absolute atomic E-state index is 0.322. The highest BCUT2D eigenvalue weighted by atomic mass is 32.1. The van der Waals surface area contributed by atoms with Crippen molar-refractivity contribution in [2.75, 3.05) is 24.0 Å². The van der Waals surface area contributed by atoms with Gasteiger partial charge < -0.3 is 15.0 Å². The van der Waals surface area contributed by atoms with Gasteiger partial charge in [-0.05, 0) is 36.8 Å². The molecule has 4 rings (SSSR count). The van der Waals surface area contributed by atoms with Crippen LogP contribution in [0.25, 0.3) is 11.1 Å². The number of pyridine rings is 1. The Morgan fingerprint density at radius 1 is 1.00 bits per heavy atom. The molecule has 6 nitrogen and oxygen atoms in total. The van der Waals surface area contributed by atoms with Gasteiger partial charge >= 0.3 is 0 Å². The van der Waals surface area contributed by atoms with Gasteiger partial charge in [-0.2, -0.15) is 10.5 Å². The summed E-state index contributed by atoms with van der Waals surface area (Å²) < 4.78 is 7.45. The molecule has 1 N–H and O–H groups in total. The smallest absolute Gasteiger partial charge is 0.128 e. The molecule has 0 radical (unpaired) electrons. The zero-order valence-electron chi connectivity index (χ0n) is 16.6. The molecule has 0 saturated carbocycles. The predicted molar refractivity (Wildman–Crippen MR) is 119 cm³/mol. The number of benzene rings is 2. The molecule has 2 heterocycles. The van der Waals surface area contributed by atoms with Crippen molar-refractivity contribution in [2.24, 2.45) is 0 Å². The van der Waals surface area contributed by atoms with Crippen LogP contribution in [0.5, 0.6) is 5.75 Å². The van der Waals surface area contributed by atoms with Crippen molar-refractivity contribution in [3.8, 4) is 29.0 Å². The number of nitrogens with zero attached hydrogens (tertiary/aromatic N) is 4. The lowest BCUT2D eigenvalue weighted by Crippen LogP contribution is -2.38. The molecule has 0 unspecified atom stereocenters. The van der Waals surface area contributed by atoms with Crippen molar-refractivity contribution in [3.63, 3.8) is 0 Å². The second kappa shape index (κ2) is 7.90. The monoisotopic (exact) mass is 413 g/mol. The third-order valence-electron chi connectivity index (χ3n) is 5.22. The molecule has 1 aliphatic heterocycles. The number of rotatable bonds is 3. The van der Waals surface area contributed by atoms with Gasteiger partial charge in [-0.25, -0.2) is 0 Å². The van der Waals surface area contributed by atoms with E-state index in [0.717, 1.165) is 11.3 Å². The van der Waals surface area contributed by atoms with Crippen LogP contribution in [-0.4, -0.2) is 18.3 Å². The largest absolute Gasteiger partial charge is 0.497 e. The predicted octanol–water partition coefficient (Wildman–Crippen LogP) is 4.79. The highest BCUT2D eigenvalue weighted by Crippen LogP contribution is 2.36. The van der Waals surface area contributed by atoms with Gasteiger partial charge in [-0.1, -0.05) is 42.0 Å². The van der Waals surface area contributed by atoms with Gasteiger partial charge in [0.05, 0.1) is 26.0 Å². The van der Waals surface area contributed by atoms with E-state index in [9.17, 15) is 10.5 Å². The number of methoxy groups -OCH3 is 1. The first-order chi connectivity index (χ1) is 14.6. The summed E-state index contributed by atoms with van der Waals surface area (Å²) in [5, 5.41) is 23.2. The minimum atomic E-state index is 0.322. The van der Waals surface area contributed by atoms with Crippen LogP contribution in [-0.2, 0) is 6.67 Å². The van der Waals surface area contributed by atoms with Gasteiger partial charge in [-0.3, -0.25) is 4.57 Å². The van der Waals surface area contributed by atoms with E-state index in [-0.39, 0.29) is 0 Å². The maximum absolute atomic E-state index is 9.98. The summed E-state index contributed by atoms with van der Waals surface area (Å²) in [5.74, 6) is 1.34. The Kier molecular flexibility index (Phi) is 5.14. The van der Waals surface area contributed by atoms with E-state index in [2.05, 4.69) is 34.5 Å². The third-order valence-corrected chi connectivity index (χ3v) is 5.64. The zero-order chi connectivity index (χ0) is 21.3. The van der Waals surface area contributed by atoms with Gasteiger partial charge in [-0.15, -0.1) is 0 Å². The lowest BCUT2D eigenvalue weighted by molar-refractivity contribution is 0.415. The van der Waals surface area contributed by atoms with Gasteiger partial charge in [0, 0.05) is 11.3 Å². The zero-order valence-corrected chi connectivity index (χ0v) is 17.5. The summed E-state index contributed by atoms with van der Waals surface area (Å²) in [7, 11) is 1.59. The second-order valence-corrected chi connectivity index (χ2v) is 7.40. The van der Waals surface area contributed by atoms with Gasteiger partial charge in [0.25, 0.3) is 0 Å². The van der Waals surface area contributed by atoms with Crippen LogP contribution in [0.2, 0.25) is 0 Å². The fraction of sp³-hybridized carbons (Fsp3) is 0.174. The Labute approximate surface area is 180 Å². The lowest BCUT2D eigenvalue weighted by atomic mass is 9.96. The van der Waals surface area contributed by atoms with Crippen LogP contribution < -0.4 is 15.0 Å². The van der Waals surface area contributed by atoms with E-state index in [1.807, 2.05) is 35.8 Å². The average molecular weight is 414 g/mol. The Bertz CT molecular complexity index is 1250. The fourth-order valence-electron chi connectivity index (χ4n) is 3.62. The molecule has 0 saturated heterocycles. The number of hydrogen-bond donors (Lipinski definition) is 1. The molecule has 2 aromatic carbocycles. The van der Waals surface area contributed by atoms with E-state index in [1.165, 1.54) is 5.56 Å². The normalized spacial score (nSPS) is 12.3. The molecule has 0 bridgehead atoms. The van der Waals surface area contributed by atoms with Crippen LogP contribution >= 0.6 is 12.2 Å². The van der Waals surface area contributed by atoms with Crippen molar-refractivity contribution >= 4 is 23.7 Å². The first kappa shape index (κ1) is 19.5. The summed E-state index contributed by atoms with van der Waals surface area (Å²) in [6.45, 7) is 3.03. The number of fused-ring (bicyclic) bond motifs is 1. The molecule has 3 aromatic rings. The Balaban J connectivity index is 1.86. The number of nitrogens with one attached hydrogen (secondary N) is 1. The summed E-state index contributed by atoms with van der Waals surface area (Å²) in [6, 6.07) is 20.0. The lowest BCUT2D eigenvalue weighted by Gasteiger charge is -2.34. The Hall–Kier alpha value is -3.81. The number of nitriles is 2. The Morgan fingerprint density at radius 2 is 1.67 bits per heavy atom. The Morgan fingerprint density at radius 3 is 2.27 bits per heavy atom. The fourth-order valence-corrected chi connectivity index (χ4v) is 3.92. The number of ether oxygens (including phenoxy) is 1. The van der Waals surface area contributed by atoms with E-state index >= 15 is 0 Å². The van der Waals surface area contributed by atoms with E-state index in [4.69, 9.17) is 17.0 Å². The summed E-state index contributed by atoms with van der Waals surface area (Å²) in [6.07, 6.45) is 0. The third kappa shape index (κ3) is 3.26. The van der Waals surface area contributed by atoms with E-state index in [0.29, 0.717) is 46.2 Å². The second-order valence-electron chi connectivity index (χ2n) is 7.01. The molecule has 148 valence electrons. The molecule has 0 aliphatic carbocycles. The maximum atomic E-state index is 9.98. The standard InChI is InChI=1S/C23H19N5OS/c1-15-3-7-17(8-4-15)27-13-26-22-19(11-24)21(16-5-9-18(29-2)10-6-16)20(12-25)23(30)28(22)14-27/h3-10,26H,13-14H2,1-2H3. The number of aromatic nitrogens is 1. The van der Waals surface area contributed by atoms with Crippen LogP contribution in [0.3, 0.4) is 0 Å². The molecule has 1 aromatic heterocycles. The van der Waals surface area contributed by atoms with Crippen LogP contribution in [0.1, 0.15) is 16.7 Å². The van der Waals surface area contributed by atoms with Crippen molar-refractivity contribution < 1.29 is 4.74 Å². The van der Waals surface area contributed by atoms with E-state index in [1.54, 1.807) is 19.2 Å². The highest BCUT2D eigenvalue weighted by molar-refractivity contribution is 7.71. The molecule has 7 heteroatoms. The van der Waals surface area contributed by atoms with Gasteiger partial charge in [0.2, 0.25) is 0 Å². The van der Waals surface area contributed by atoms with Crippen LogP contribution in [0.15, 0.2) is 48.5 Å². The minimum Gasteiger partial charge on any atom is -0.497 e. The van der Waals surface area contributed by atoms with Crippen molar-refractivity contribution in [1.82, 2.24) is 4.57 Å². The molecule has 0 fully saturated rings. The topological polar surface area (TPSA) is 77.0 Å². The summed E-state index contributed by atoms with van der Waals surface area (Å²) >= 11 is 5.68. The van der Waals surface area contributed by atoms with Crippen molar-refractivity contribution in [2.45, 2.75) is 13.6 Å². The molecule has 1 aliphatic rings. The molecule has 0 spiro atoms. The number of hydrogen-bond acceptors (Lipinski definition) is 6. The maximum Gasteiger partial charge on any atom is 0.128 e. The summed E-state index contributed by atoms with van der Waals surface area (Å²) in [4.78, 5) is 2.11. The summed E-state index contributed by atoms with van der Waals surface area (Å²) in [5.41, 5.74) is 4.26. The number of aryl methyl sites for hydroxylation is 1. The molecule has 0 atom stereocenters. The van der Waals surface area contributed by atoms with Crippen LogP contribution in [0.4, 0.5) is 11.5 Å². The first-order valence-corrected chi connectivity index (χ1v) is 9.79. The molecule has 30 heavy (non-hydrogen) atoms. The van der Waals surface area contributed by atoms with Gasteiger partial charge in [0.1, 0.15) is 33.9 Å². The highest BCUT2D eigenvalue weighted by Gasteiger charge is 2.25. The molecular weight excluding hydrogens is 394 g/mol. The van der Waals surface area contributed by atoms with Crippen LogP contribution in [0, 0.1) is 34.2 Å². The quantitative estimate of drug-likeness (QED) is 0.622. The van der Waals surface area contributed by atoms with E-state index < -0.39 is 0 Å². The average Bonchev–Trinajstić information content (AvgIpc) is 2.79. The van der Waals surface area contributed by atoms with Crippen molar-refractivity contribution in [3.05, 3.63) is 69.9 Å². The SMILES string of the molecule is COc1ccc(-c2c(C#N)c3n(c(=S)c2C#N)CN(c2ccc(C)cc2)CN3)cc1. The van der Waals surface area contributed by atoms with Gasteiger partial charge in [0.15, 0.2) is 0 Å². The molecular formula is C23H19N5OS.